The number of thiazole rings is 1. The van der Waals surface area contributed by atoms with E-state index >= 15 is 0 Å². The van der Waals surface area contributed by atoms with Crippen molar-refractivity contribution in [2.45, 2.75) is 33.2 Å². The molecule has 0 bridgehead atoms. The van der Waals surface area contributed by atoms with Crippen molar-refractivity contribution >= 4 is 40.5 Å². The molecule has 0 amide bonds. The number of hydrogen-bond acceptors (Lipinski definition) is 4. The van der Waals surface area contributed by atoms with E-state index in [-0.39, 0.29) is 0 Å². The fourth-order valence-electron chi connectivity index (χ4n) is 2.50. The molecule has 2 N–H and O–H groups in total. The third kappa shape index (κ3) is 4.28. The van der Waals surface area contributed by atoms with Gasteiger partial charge in [0.1, 0.15) is 5.01 Å². The van der Waals surface area contributed by atoms with E-state index in [9.17, 15) is 9.90 Å². The van der Waals surface area contributed by atoms with Crippen LogP contribution in [0.1, 0.15) is 31.7 Å². The summed E-state index contributed by atoms with van der Waals surface area (Å²) in [7, 11) is 0. The maximum atomic E-state index is 11.5. The number of carboxylic acid groups (broad SMARTS) is 1. The van der Waals surface area contributed by atoms with Gasteiger partial charge in [-0.05, 0) is 31.0 Å². The molecule has 0 atom stereocenters. The van der Waals surface area contributed by atoms with E-state index < -0.39 is 11.4 Å². The quantitative estimate of drug-likeness (QED) is 0.662. The highest BCUT2D eigenvalue weighted by molar-refractivity contribution is 7.09. The molecule has 7 heteroatoms. The summed E-state index contributed by atoms with van der Waals surface area (Å²) in [5.74, 6) is -0.759. The second kappa shape index (κ2) is 8.30. The standard InChI is InChI=1S/C17H20Cl2N2O2S/c1-3-17(4-2,16(22)23)10-20-8-15-21-14(9-24-15)12-7-11(18)5-6-13(12)19/h5-7,9,20H,3-4,8,10H2,1-2H3,(H,22,23). The summed E-state index contributed by atoms with van der Waals surface area (Å²) in [6, 6.07) is 5.28. The normalized spacial score (nSPS) is 11.7. The maximum Gasteiger partial charge on any atom is 0.310 e. The summed E-state index contributed by atoms with van der Waals surface area (Å²) in [6.07, 6.45) is 1.18. The first-order valence-electron chi connectivity index (χ1n) is 7.75. The lowest BCUT2D eigenvalue weighted by Gasteiger charge is -2.26. The molecule has 2 rings (SSSR count). The van der Waals surface area contributed by atoms with Crippen LogP contribution in [0.25, 0.3) is 11.3 Å². The second-order valence-electron chi connectivity index (χ2n) is 5.65. The van der Waals surface area contributed by atoms with E-state index in [0.29, 0.717) is 36.0 Å². The largest absolute Gasteiger partial charge is 0.481 e. The SMILES string of the molecule is CCC(CC)(CNCc1nc(-c2cc(Cl)ccc2Cl)cs1)C(=O)O. The Kier molecular flexibility index (Phi) is 6.63. The number of benzene rings is 1. The number of carbonyl (C=O) groups is 1. The van der Waals surface area contributed by atoms with Crippen molar-refractivity contribution < 1.29 is 9.90 Å². The van der Waals surface area contributed by atoms with Gasteiger partial charge in [0, 0.05) is 29.1 Å². The summed E-state index contributed by atoms with van der Waals surface area (Å²) in [4.78, 5) is 16.1. The average molecular weight is 387 g/mol. The smallest absolute Gasteiger partial charge is 0.310 e. The Balaban J connectivity index is 2.04. The molecule has 130 valence electrons. The highest BCUT2D eigenvalue weighted by atomic mass is 35.5. The summed E-state index contributed by atoms with van der Waals surface area (Å²) in [6.45, 7) is 4.75. The van der Waals surface area contributed by atoms with Gasteiger partial charge in [-0.2, -0.15) is 0 Å². The zero-order valence-corrected chi connectivity index (χ0v) is 15.9. The first-order chi connectivity index (χ1) is 11.4. The Bertz CT molecular complexity index is 714. The molecular weight excluding hydrogens is 367 g/mol. The van der Waals surface area contributed by atoms with Crippen molar-refractivity contribution in [1.29, 1.82) is 0 Å². The molecule has 24 heavy (non-hydrogen) atoms. The molecule has 0 saturated carbocycles. The lowest BCUT2D eigenvalue weighted by molar-refractivity contribution is -0.149. The first-order valence-corrected chi connectivity index (χ1v) is 9.39. The molecule has 0 aliphatic carbocycles. The number of rotatable bonds is 8. The van der Waals surface area contributed by atoms with Crippen LogP contribution in [0.2, 0.25) is 10.0 Å². The van der Waals surface area contributed by atoms with Gasteiger partial charge in [-0.25, -0.2) is 4.98 Å². The molecule has 1 aromatic heterocycles. The number of halogens is 2. The van der Waals surface area contributed by atoms with Crippen LogP contribution < -0.4 is 5.32 Å². The van der Waals surface area contributed by atoms with Crippen molar-refractivity contribution in [3.63, 3.8) is 0 Å². The van der Waals surface area contributed by atoms with Gasteiger partial charge in [0.15, 0.2) is 0 Å². The first kappa shape index (κ1) is 19.2. The van der Waals surface area contributed by atoms with E-state index in [1.807, 2.05) is 19.2 Å². The van der Waals surface area contributed by atoms with Gasteiger partial charge in [-0.3, -0.25) is 4.79 Å². The molecule has 2 aromatic rings. The number of nitrogens with one attached hydrogen (secondary N) is 1. The molecule has 0 aliphatic rings. The van der Waals surface area contributed by atoms with Crippen LogP contribution in [0.5, 0.6) is 0 Å². The molecule has 1 heterocycles. The topological polar surface area (TPSA) is 62.2 Å². The highest BCUT2D eigenvalue weighted by Gasteiger charge is 2.34. The third-order valence-corrected chi connectivity index (χ3v) is 5.72. The van der Waals surface area contributed by atoms with E-state index in [1.54, 1.807) is 18.2 Å². The van der Waals surface area contributed by atoms with E-state index in [2.05, 4.69) is 10.3 Å². The summed E-state index contributed by atoms with van der Waals surface area (Å²) in [5.41, 5.74) is 0.851. The lowest BCUT2D eigenvalue weighted by Crippen LogP contribution is -2.39. The van der Waals surface area contributed by atoms with E-state index in [1.165, 1.54) is 11.3 Å². The minimum atomic E-state index is -0.759. The summed E-state index contributed by atoms with van der Waals surface area (Å²) < 4.78 is 0. The van der Waals surface area contributed by atoms with Crippen molar-refractivity contribution in [2.75, 3.05) is 6.54 Å². The predicted octanol–water partition coefficient (Wildman–Crippen LogP) is 5.10. The predicted molar refractivity (Wildman–Crippen MR) is 99.9 cm³/mol. The Labute approximate surface area is 155 Å². The van der Waals surface area contributed by atoms with Crippen LogP contribution in [-0.2, 0) is 11.3 Å². The zero-order chi connectivity index (χ0) is 17.7. The van der Waals surface area contributed by atoms with Crippen molar-refractivity contribution in [2.24, 2.45) is 5.41 Å². The minimum Gasteiger partial charge on any atom is -0.481 e. The number of carboxylic acids is 1. The van der Waals surface area contributed by atoms with E-state index in [0.717, 1.165) is 16.3 Å². The Morgan fingerprint density at radius 1 is 1.33 bits per heavy atom. The van der Waals surface area contributed by atoms with E-state index in [4.69, 9.17) is 23.2 Å². The maximum absolute atomic E-state index is 11.5. The van der Waals surface area contributed by atoms with Gasteiger partial charge in [0.25, 0.3) is 0 Å². The van der Waals surface area contributed by atoms with Gasteiger partial charge in [0.2, 0.25) is 0 Å². The summed E-state index contributed by atoms with van der Waals surface area (Å²) in [5, 5.41) is 16.7. The monoisotopic (exact) mass is 386 g/mol. The zero-order valence-electron chi connectivity index (χ0n) is 13.6. The van der Waals surface area contributed by atoms with Crippen molar-refractivity contribution in [3.05, 3.63) is 38.6 Å². The van der Waals surface area contributed by atoms with Crippen molar-refractivity contribution in [3.8, 4) is 11.3 Å². The fourth-order valence-corrected chi connectivity index (χ4v) is 3.65. The van der Waals surface area contributed by atoms with Gasteiger partial charge < -0.3 is 10.4 Å². The van der Waals surface area contributed by atoms with Gasteiger partial charge in [-0.15, -0.1) is 11.3 Å². The Hall–Kier alpha value is -1.14. The molecule has 0 spiro atoms. The van der Waals surface area contributed by atoms with Crippen LogP contribution in [-0.4, -0.2) is 22.6 Å². The lowest BCUT2D eigenvalue weighted by atomic mass is 9.82. The molecule has 0 saturated heterocycles. The number of hydrogen-bond donors (Lipinski definition) is 2. The van der Waals surface area contributed by atoms with Crippen LogP contribution in [0.3, 0.4) is 0 Å². The van der Waals surface area contributed by atoms with Gasteiger partial charge >= 0.3 is 5.97 Å². The molecule has 0 fully saturated rings. The average Bonchev–Trinajstić information content (AvgIpc) is 3.02. The van der Waals surface area contributed by atoms with Crippen molar-refractivity contribution in [1.82, 2.24) is 10.3 Å². The third-order valence-electron chi connectivity index (χ3n) is 4.30. The summed E-state index contributed by atoms with van der Waals surface area (Å²) >= 11 is 13.7. The number of aliphatic carboxylic acids is 1. The Morgan fingerprint density at radius 3 is 2.67 bits per heavy atom. The molecule has 4 nitrogen and oxygen atoms in total. The van der Waals surface area contributed by atoms with Crippen LogP contribution in [0, 0.1) is 5.41 Å². The fraction of sp³-hybridized carbons (Fsp3) is 0.412. The minimum absolute atomic E-state index is 0.419. The molecule has 0 unspecified atom stereocenters. The molecular formula is C17H20Cl2N2O2S. The van der Waals surface area contributed by atoms with Gasteiger partial charge in [-0.1, -0.05) is 37.0 Å². The number of aromatic nitrogens is 1. The Morgan fingerprint density at radius 2 is 2.04 bits per heavy atom. The number of nitrogens with zero attached hydrogens (tertiary/aromatic N) is 1. The van der Waals surface area contributed by atoms with Crippen LogP contribution in [0.15, 0.2) is 23.6 Å². The van der Waals surface area contributed by atoms with Crippen LogP contribution in [0.4, 0.5) is 0 Å². The molecule has 0 radical (unpaired) electrons. The van der Waals surface area contributed by atoms with Crippen LogP contribution >= 0.6 is 34.5 Å². The molecule has 0 aliphatic heterocycles. The van der Waals surface area contributed by atoms with Gasteiger partial charge in [0.05, 0.1) is 16.1 Å². The highest BCUT2D eigenvalue weighted by Crippen LogP contribution is 2.31. The second-order valence-corrected chi connectivity index (χ2v) is 7.43. The molecule has 1 aromatic carbocycles.